The predicted octanol–water partition coefficient (Wildman–Crippen LogP) is 8.28. The molecule has 0 aromatic rings. The van der Waals surface area contributed by atoms with Gasteiger partial charge in [-0.2, -0.15) is 26.3 Å². The number of likely N-dealkylation sites (tertiary alicyclic amines) is 6. The number of aliphatic hydroxyl groups is 2. The molecule has 0 amide bonds. The van der Waals surface area contributed by atoms with E-state index in [-0.39, 0.29) is 66.4 Å². The Morgan fingerprint density at radius 1 is 0.349 bits per heavy atom. The average Bonchev–Trinajstić information content (AvgIpc) is 4.47. The molecular formula is C63H128F6N12O2. The van der Waals surface area contributed by atoms with E-state index in [2.05, 4.69) is 110 Å². The van der Waals surface area contributed by atoms with Crippen LogP contribution in [-0.2, 0) is 0 Å². The van der Waals surface area contributed by atoms with Crippen LogP contribution in [-0.4, -0.2) is 212 Å². The molecular weight excluding hydrogens is 1070 g/mol. The summed E-state index contributed by atoms with van der Waals surface area (Å²) in [5.74, 6) is 0.761. The molecule has 0 unspecified atom stereocenters. The highest BCUT2D eigenvalue weighted by Gasteiger charge is 2.51. The van der Waals surface area contributed by atoms with Gasteiger partial charge >= 0.3 is 12.4 Å². The van der Waals surface area contributed by atoms with Crippen molar-refractivity contribution in [1.82, 2.24) is 29.4 Å². The minimum Gasteiger partial charge on any atom is -0.391 e. The van der Waals surface area contributed by atoms with Crippen LogP contribution >= 0.6 is 0 Å². The van der Waals surface area contributed by atoms with Gasteiger partial charge in [-0.3, -0.25) is 29.4 Å². The molecule has 14 nitrogen and oxygen atoms in total. The minimum atomic E-state index is -4.40. The largest absolute Gasteiger partial charge is 0.395 e. The van der Waals surface area contributed by atoms with Crippen LogP contribution in [0.25, 0.3) is 0 Å². The fourth-order valence-electron chi connectivity index (χ4n) is 12.7. The summed E-state index contributed by atoms with van der Waals surface area (Å²) in [4.78, 5) is 13.5. The number of rotatable bonds is 2. The highest BCUT2D eigenvalue weighted by molar-refractivity contribution is 5.00. The summed E-state index contributed by atoms with van der Waals surface area (Å²) >= 11 is 0. The van der Waals surface area contributed by atoms with Gasteiger partial charge in [0, 0.05) is 147 Å². The maximum Gasteiger partial charge on any atom is 0.395 e. The van der Waals surface area contributed by atoms with E-state index in [0.717, 1.165) is 56.4 Å². The number of nitrogens with two attached hydrogens (primary N) is 6. The number of aliphatic hydroxyl groups excluding tert-OH is 2. The van der Waals surface area contributed by atoms with Gasteiger partial charge in [-0.15, -0.1) is 0 Å². The van der Waals surface area contributed by atoms with E-state index < -0.39 is 36.3 Å². The molecule has 14 N–H and O–H groups in total. The van der Waals surface area contributed by atoms with Crippen LogP contribution < -0.4 is 34.4 Å². The Morgan fingerprint density at radius 3 is 1.11 bits per heavy atom. The molecule has 83 heavy (non-hydrogen) atoms. The molecule has 2 saturated carbocycles. The third-order valence-electron chi connectivity index (χ3n) is 18.7. The summed E-state index contributed by atoms with van der Waals surface area (Å²) in [5, 5.41) is 19.6. The molecule has 8 fully saturated rings. The van der Waals surface area contributed by atoms with Crippen molar-refractivity contribution in [1.29, 1.82) is 0 Å². The summed E-state index contributed by atoms with van der Waals surface area (Å²) in [6.07, 6.45) is 0.131. The second-order valence-electron chi connectivity index (χ2n) is 32.8. The van der Waals surface area contributed by atoms with Crippen molar-refractivity contribution >= 4 is 0 Å². The Hall–Kier alpha value is -0.980. The number of halogens is 6. The molecule has 8 rings (SSSR count). The van der Waals surface area contributed by atoms with E-state index in [9.17, 15) is 36.6 Å². The zero-order valence-corrected chi connectivity index (χ0v) is 55.8. The first kappa shape index (κ1) is 76.3. The average molecular weight is 1200 g/mol. The van der Waals surface area contributed by atoms with E-state index in [0.29, 0.717) is 41.7 Å². The van der Waals surface area contributed by atoms with Crippen molar-refractivity contribution in [2.24, 2.45) is 75.8 Å². The molecule has 6 heterocycles. The SMILES string of the molecule is CC(C)(C)N1CCC[C@H](N)C1.CC(C)(C)N1C[C@@H](N)C[C@@H](C(F)(F)F)C1.CC(C)(C)N1C[C@@H](N)C[C@@H](C2CC2)C1.CC(C)(C)N1C[C@@H](N)[C@H](O)[C@@H](C(F)(F)F)C1.CC(C)(C)N1C[C@@H](N)[C@H](O)[C@@H](C2CC2)C1.C[C@@H]1C[C@H](N)CN(C(C)(C)C)C1. The fraction of sp³-hybridized carbons (Fsp3) is 1.00. The van der Waals surface area contributed by atoms with Gasteiger partial charge in [0.15, 0.2) is 0 Å². The van der Waals surface area contributed by atoms with Gasteiger partial charge in [-0.1, -0.05) is 6.92 Å². The Labute approximate surface area is 502 Å². The first-order valence-electron chi connectivity index (χ1n) is 31.9. The Morgan fingerprint density at radius 2 is 0.723 bits per heavy atom. The smallest absolute Gasteiger partial charge is 0.391 e. The van der Waals surface area contributed by atoms with Crippen molar-refractivity contribution in [3.8, 4) is 0 Å². The highest BCUT2D eigenvalue weighted by Crippen LogP contribution is 2.43. The summed E-state index contributed by atoms with van der Waals surface area (Å²) < 4.78 is 75.8. The molecule has 494 valence electrons. The van der Waals surface area contributed by atoms with Crippen LogP contribution in [0.5, 0.6) is 0 Å². The molecule has 2 aliphatic carbocycles. The van der Waals surface area contributed by atoms with E-state index in [1.165, 1.54) is 71.0 Å². The lowest BCUT2D eigenvalue weighted by Crippen LogP contribution is -2.63. The summed E-state index contributed by atoms with van der Waals surface area (Å²) in [7, 11) is 0. The molecule has 0 aromatic heterocycles. The Bertz CT molecular complexity index is 1810. The van der Waals surface area contributed by atoms with Crippen molar-refractivity contribution in [3.63, 3.8) is 0 Å². The number of piperidine rings is 6. The van der Waals surface area contributed by atoms with Crippen LogP contribution in [0.2, 0.25) is 0 Å². The first-order valence-corrected chi connectivity index (χ1v) is 31.9. The van der Waals surface area contributed by atoms with Crippen molar-refractivity contribution in [2.45, 2.75) is 283 Å². The van der Waals surface area contributed by atoms with E-state index in [4.69, 9.17) is 34.4 Å². The Balaban J connectivity index is 0.000000262. The van der Waals surface area contributed by atoms with Gasteiger partial charge in [-0.05, 0) is 213 Å². The molecule has 20 heteroatoms. The van der Waals surface area contributed by atoms with Crippen LogP contribution in [0.3, 0.4) is 0 Å². The number of nitrogens with zero attached hydrogens (tertiary/aromatic N) is 6. The zero-order valence-electron chi connectivity index (χ0n) is 55.8. The molecule has 0 radical (unpaired) electrons. The zero-order chi connectivity index (χ0) is 64.0. The second kappa shape index (κ2) is 30.2. The molecule has 0 aromatic carbocycles. The molecule has 6 aliphatic heterocycles. The quantitative estimate of drug-likeness (QED) is 0.122. The standard InChI is InChI=1S/C12H24N2O.C12H24N2.C10H19F3N2O.C10H19F3N2.C10H22N2.C9H20N2/c1-12(2,3)14-6-9(8-4-5-8)11(15)10(13)7-14;1-12(2,3)14-7-10(9-4-5-9)6-11(13)8-14;1-9(2,3)15-4-6(10(11,12)13)8(16)7(14)5-15;1-9(2,3)15-5-7(10(11,12)13)4-8(14)6-15;1-8-5-9(11)7-12(6-8)10(2,3)4;1-9(2,3)11-6-4-5-8(10)7-11/h8-11,15H,4-7,13H2,1-3H3;9-11H,4-8,13H2,1-3H3;6-8,16H,4-5,14H2,1-3H3;7-8H,4-6,14H2,1-3H3;8-9H,5-7,11H2,1-4H3;8H,4-7,10H2,1-3H3/t9-,10-,11-;10-,11+;6-,7+,8+;7-,8+;8-,9+;8-/m110110/s1. The lowest BCUT2D eigenvalue weighted by Gasteiger charge is -2.46. The number of alkyl halides is 6. The van der Waals surface area contributed by atoms with Gasteiger partial charge < -0.3 is 44.6 Å². The minimum absolute atomic E-state index is 0.0517. The summed E-state index contributed by atoms with van der Waals surface area (Å²) in [6, 6.07) is -0.0858. The molecule has 6 saturated heterocycles. The lowest BCUT2D eigenvalue weighted by molar-refractivity contribution is -0.220. The normalized spacial score (nSPS) is 34.0. The lowest BCUT2D eigenvalue weighted by atomic mass is 9.85. The van der Waals surface area contributed by atoms with E-state index in [1.807, 2.05) is 46.4 Å². The van der Waals surface area contributed by atoms with Gasteiger partial charge in [0.1, 0.15) is 0 Å². The molecule has 13 atom stereocenters. The van der Waals surface area contributed by atoms with Gasteiger partial charge in [-0.25, -0.2) is 0 Å². The van der Waals surface area contributed by atoms with Crippen LogP contribution in [0.4, 0.5) is 26.3 Å². The van der Waals surface area contributed by atoms with Gasteiger partial charge in [0.25, 0.3) is 0 Å². The topological polar surface area (TPSA) is 216 Å². The maximum absolute atomic E-state index is 12.7. The van der Waals surface area contributed by atoms with Gasteiger partial charge in [0.2, 0.25) is 0 Å². The maximum atomic E-state index is 12.7. The molecule has 0 spiro atoms. The van der Waals surface area contributed by atoms with Crippen molar-refractivity contribution < 1.29 is 36.6 Å². The van der Waals surface area contributed by atoms with Crippen molar-refractivity contribution in [2.75, 3.05) is 78.5 Å². The molecule has 8 aliphatic rings. The third kappa shape index (κ3) is 26.2. The fourth-order valence-corrected chi connectivity index (χ4v) is 12.7. The first-order chi connectivity index (χ1) is 37.4. The number of hydrogen-bond donors (Lipinski definition) is 8. The van der Waals surface area contributed by atoms with Crippen LogP contribution in [0, 0.1) is 41.4 Å². The predicted molar refractivity (Wildman–Crippen MR) is 332 cm³/mol. The number of hydrogen-bond acceptors (Lipinski definition) is 14. The second-order valence-corrected chi connectivity index (χ2v) is 32.8. The third-order valence-corrected chi connectivity index (χ3v) is 18.7. The highest BCUT2D eigenvalue weighted by atomic mass is 19.4. The van der Waals surface area contributed by atoms with E-state index in [1.54, 1.807) is 4.90 Å². The Kier molecular flexibility index (Phi) is 27.8. The summed E-state index contributed by atoms with van der Waals surface area (Å²) in [5.41, 5.74) is 35.7. The van der Waals surface area contributed by atoms with E-state index >= 15 is 0 Å². The monoisotopic (exact) mass is 1200 g/mol. The summed E-state index contributed by atoms with van der Waals surface area (Å²) in [6.45, 7) is 50.2. The van der Waals surface area contributed by atoms with Crippen LogP contribution in [0.15, 0.2) is 0 Å². The van der Waals surface area contributed by atoms with Gasteiger partial charge in [0.05, 0.1) is 24.0 Å². The van der Waals surface area contributed by atoms with Crippen molar-refractivity contribution in [3.05, 3.63) is 0 Å². The molecule has 0 bridgehead atoms. The van der Waals surface area contributed by atoms with Crippen LogP contribution in [0.1, 0.15) is 189 Å².